The molecule has 0 aliphatic heterocycles. The molecule has 0 radical (unpaired) electrons. The van der Waals surface area contributed by atoms with E-state index in [9.17, 15) is 0 Å². The SMILES string of the molecule is COc1cc(CNCCSc2nnnn2C)cc(OC)c1OC.[Cl-]. The van der Waals surface area contributed by atoms with Gasteiger partial charge in [0.1, 0.15) is 0 Å². The number of aryl methyl sites for hydroxylation is 1. The molecule has 1 heterocycles. The Morgan fingerprint density at radius 2 is 1.79 bits per heavy atom. The molecule has 0 saturated carbocycles. The van der Waals surface area contributed by atoms with Crippen LogP contribution in [0.1, 0.15) is 5.56 Å². The third kappa shape index (κ3) is 5.15. The average Bonchev–Trinajstić information content (AvgIpc) is 2.98. The van der Waals surface area contributed by atoms with Gasteiger partial charge < -0.3 is 31.9 Å². The summed E-state index contributed by atoms with van der Waals surface area (Å²) in [5.74, 6) is 2.79. The smallest absolute Gasteiger partial charge is 0.209 e. The van der Waals surface area contributed by atoms with Gasteiger partial charge in [-0.2, -0.15) is 0 Å². The number of thioether (sulfide) groups is 1. The first-order chi connectivity index (χ1) is 11.2. The highest BCUT2D eigenvalue weighted by atomic mass is 35.5. The fourth-order valence-corrected chi connectivity index (χ4v) is 2.77. The fourth-order valence-electron chi connectivity index (χ4n) is 2.03. The minimum Gasteiger partial charge on any atom is -1.00 e. The van der Waals surface area contributed by atoms with Crippen LogP contribution in [-0.4, -0.2) is 53.8 Å². The molecule has 1 aromatic carbocycles. The second kappa shape index (κ2) is 10.2. The van der Waals surface area contributed by atoms with E-state index < -0.39 is 0 Å². The number of hydrogen-bond donors (Lipinski definition) is 1. The van der Waals surface area contributed by atoms with Crippen molar-refractivity contribution in [2.45, 2.75) is 11.7 Å². The van der Waals surface area contributed by atoms with Crippen molar-refractivity contribution in [2.24, 2.45) is 7.05 Å². The van der Waals surface area contributed by atoms with Crippen molar-refractivity contribution in [3.63, 3.8) is 0 Å². The summed E-state index contributed by atoms with van der Waals surface area (Å²) in [6.45, 7) is 1.53. The Hall–Kier alpha value is -1.71. The van der Waals surface area contributed by atoms with Gasteiger partial charge in [0.25, 0.3) is 0 Å². The quantitative estimate of drug-likeness (QED) is 0.403. The van der Waals surface area contributed by atoms with Crippen molar-refractivity contribution in [1.82, 2.24) is 25.5 Å². The number of nitrogens with one attached hydrogen (secondary N) is 1. The number of halogens is 1. The molecule has 0 atom stereocenters. The minimum atomic E-state index is 0. The van der Waals surface area contributed by atoms with Crippen LogP contribution in [0.5, 0.6) is 17.2 Å². The van der Waals surface area contributed by atoms with Crippen LogP contribution in [0.2, 0.25) is 0 Å². The van der Waals surface area contributed by atoms with Gasteiger partial charge in [-0.25, -0.2) is 4.68 Å². The molecule has 1 aromatic heterocycles. The van der Waals surface area contributed by atoms with Crippen molar-refractivity contribution >= 4 is 11.8 Å². The molecular weight excluding hydrogens is 354 g/mol. The lowest BCUT2D eigenvalue weighted by molar-refractivity contribution is -0.00000579. The van der Waals surface area contributed by atoms with Gasteiger partial charge in [0.15, 0.2) is 11.5 Å². The van der Waals surface area contributed by atoms with Crippen LogP contribution in [0.4, 0.5) is 0 Å². The van der Waals surface area contributed by atoms with E-state index in [1.807, 2.05) is 19.2 Å². The van der Waals surface area contributed by atoms with Crippen molar-refractivity contribution < 1.29 is 26.6 Å². The molecule has 0 bridgehead atoms. The third-order valence-corrected chi connectivity index (χ3v) is 4.16. The van der Waals surface area contributed by atoms with Crippen molar-refractivity contribution in [2.75, 3.05) is 33.6 Å². The molecule has 0 amide bonds. The maximum absolute atomic E-state index is 5.35. The van der Waals surface area contributed by atoms with Crippen molar-refractivity contribution in [3.05, 3.63) is 17.7 Å². The van der Waals surface area contributed by atoms with E-state index in [1.165, 1.54) is 0 Å². The summed E-state index contributed by atoms with van der Waals surface area (Å²) in [5, 5.41) is 15.5. The lowest BCUT2D eigenvalue weighted by atomic mass is 10.2. The number of tetrazole rings is 1. The predicted octanol–water partition coefficient (Wildman–Crippen LogP) is -1.88. The Morgan fingerprint density at radius 1 is 1.12 bits per heavy atom. The Balaban J connectivity index is 0.00000288. The Bertz CT molecular complexity index is 616. The number of aromatic nitrogens is 4. The monoisotopic (exact) mass is 374 g/mol. The highest BCUT2D eigenvalue weighted by Gasteiger charge is 2.12. The standard InChI is InChI=1S/C14H21N5O3S.ClH/c1-19-14(16-17-18-19)23-6-5-15-9-10-7-11(20-2)13(22-4)12(8-10)21-3;/h7-8,15H,5-6,9H2,1-4H3;1H/p-1. The zero-order chi connectivity index (χ0) is 16.7. The van der Waals surface area contributed by atoms with E-state index >= 15 is 0 Å². The lowest BCUT2D eigenvalue weighted by Crippen LogP contribution is -3.00. The topological polar surface area (TPSA) is 83.3 Å². The molecule has 0 aliphatic carbocycles. The van der Waals surface area contributed by atoms with E-state index in [1.54, 1.807) is 37.8 Å². The molecule has 0 aliphatic rings. The highest BCUT2D eigenvalue weighted by Crippen LogP contribution is 2.38. The second-order valence-electron chi connectivity index (χ2n) is 4.64. The van der Waals surface area contributed by atoms with E-state index in [0.717, 1.165) is 23.0 Å². The zero-order valence-corrected chi connectivity index (χ0v) is 15.6. The molecule has 0 fully saturated rings. The second-order valence-corrected chi connectivity index (χ2v) is 5.71. The van der Waals surface area contributed by atoms with Crippen LogP contribution < -0.4 is 31.9 Å². The normalized spacial score (nSPS) is 10.2. The maximum Gasteiger partial charge on any atom is 0.209 e. The molecule has 2 rings (SSSR count). The molecule has 1 N–H and O–H groups in total. The first kappa shape index (κ1) is 20.3. The highest BCUT2D eigenvalue weighted by molar-refractivity contribution is 7.99. The summed E-state index contributed by atoms with van der Waals surface area (Å²) in [7, 11) is 6.64. The van der Waals surface area contributed by atoms with Crippen molar-refractivity contribution in [3.8, 4) is 17.2 Å². The van der Waals surface area contributed by atoms with Crippen LogP contribution >= 0.6 is 11.8 Å². The van der Waals surface area contributed by atoms with Crippen LogP contribution in [0.15, 0.2) is 17.3 Å². The minimum absolute atomic E-state index is 0. The van der Waals surface area contributed by atoms with Gasteiger partial charge in [-0.1, -0.05) is 11.8 Å². The summed E-state index contributed by atoms with van der Waals surface area (Å²) in [5.41, 5.74) is 1.06. The van der Waals surface area contributed by atoms with E-state index in [2.05, 4.69) is 20.8 Å². The predicted molar refractivity (Wildman–Crippen MR) is 87.3 cm³/mol. The molecule has 0 saturated heterocycles. The van der Waals surface area contributed by atoms with Gasteiger partial charge in [-0.05, 0) is 28.1 Å². The molecule has 134 valence electrons. The first-order valence-electron chi connectivity index (χ1n) is 7.04. The van der Waals surface area contributed by atoms with Crippen LogP contribution in [0.3, 0.4) is 0 Å². The Kier molecular flexibility index (Phi) is 8.66. The molecular formula is C14H21ClN5O3S-. The number of rotatable bonds is 9. The number of nitrogens with zero attached hydrogens (tertiary/aromatic N) is 4. The van der Waals surface area contributed by atoms with E-state index in [0.29, 0.717) is 23.8 Å². The number of methoxy groups -OCH3 is 3. The van der Waals surface area contributed by atoms with Gasteiger partial charge in [0, 0.05) is 25.9 Å². The van der Waals surface area contributed by atoms with Gasteiger partial charge in [-0.15, -0.1) is 5.10 Å². The molecule has 10 heteroatoms. The van der Waals surface area contributed by atoms with E-state index in [4.69, 9.17) is 14.2 Å². The van der Waals surface area contributed by atoms with Crippen LogP contribution in [0, 0.1) is 0 Å². The number of hydrogen-bond acceptors (Lipinski definition) is 8. The first-order valence-corrected chi connectivity index (χ1v) is 8.03. The number of ether oxygens (including phenoxy) is 3. The molecule has 2 aromatic rings. The average molecular weight is 375 g/mol. The van der Waals surface area contributed by atoms with Crippen LogP contribution in [-0.2, 0) is 13.6 Å². The summed E-state index contributed by atoms with van der Waals surface area (Å²) < 4.78 is 17.7. The molecule has 0 unspecified atom stereocenters. The Morgan fingerprint density at radius 3 is 2.29 bits per heavy atom. The molecule has 0 spiro atoms. The summed E-state index contributed by atoms with van der Waals surface area (Å²) in [4.78, 5) is 0. The van der Waals surface area contributed by atoms with E-state index in [-0.39, 0.29) is 12.4 Å². The summed E-state index contributed by atoms with van der Waals surface area (Å²) in [6.07, 6.45) is 0. The maximum atomic E-state index is 5.35. The number of benzene rings is 1. The van der Waals surface area contributed by atoms with Crippen LogP contribution in [0.25, 0.3) is 0 Å². The van der Waals surface area contributed by atoms with Gasteiger partial charge in [0.05, 0.1) is 21.3 Å². The summed E-state index contributed by atoms with van der Waals surface area (Å²) >= 11 is 1.61. The lowest BCUT2D eigenvalue weighted by Gasteiger charge is -2.14. The Labute approximate surface area is 151 Å². The molecule has 24 heavy (non-hydrogen) atoms. The fraction of sp³-hybridized carbons (Fsp3) is 0.500. The zero-order valence-electron chi connectivity index (χ0n) is 14.1. The van der Waals surface area contributed by atoms with Gasteiger partial charge in [-0.3, -0.25) is 0 Å². The van der Waals surface area contributed by atoms with Gasteiger partial charge >= 0.3 is 0 Å². The summed E-state index contributed by atoms with van der Waals surface area (Å²) in [6, 6.07) is 3.88. The molecule has 8 nitrogen and oxygen atoms in total. The van der Waals surface area contributed by atoms with Crippen molar-refractivity contribution in [1.29, 1.82) is 0 Å². The van der Waals surface area contributed by atoms with Gasteiger partial charge in [0.2, 0.25) is 10.9 Å². The largest absolute Gasteiger partial charge is 1.00 e. The third-order valence-electron chi connectivity index (χ3n) is 3.14.